The summed E-state index contributed by atoms with van der Waals surface area (Å²) < 4.78 is 22.2. The molecule has 1 unspecified atom stereocenters. The van der Waals surface area contributed by atoms with Crippen molar-refractivity contribution in [1.82, 2.24) is 0 Å². The van der Waals surface area contributed by atoms with E-state index in [4.69, 9.17) is 18.9 Å². The Balaban J connectivity index is 1.64. The quantitative estimate of drug-likeness (QED) is 0.0730. The number of hydrogen-bond donors (Lipinski definition) is 5. The molecule has 1 aliphatic rings. The predicted molar refractivity (Wildman–Crippen MR) is 167 cm³/mol. The third-order valence-electron chi connectivity index (χ3n) is 6.98. The molecule has 0 fully saturated rings. The van der Waals surface area contributed by atoms with E-state index < -0.39 is 66.8 Å². The van der Waals surface area contributed by atoms with Crippen LogP contribution < -0.4 is 28.7 Å². The molecule has 49 heavy (non-hydrogen) atoms. The highest BCUT2D eigenvalue weighted by atomic mass is 16.7. The molecule has 3 aromatic carbocycles. The van der Waals surface area contributed by atoms with Gasteiger partial charge >= 0.3 is 23.9 Å². The summed E-state index contributed by atoms with van der Waals surface area (Å²) in [5.41, 5.74) is 0.217. The van der Waals surface area contributed by atoms with Gasteiger partial charge in [-0.1, -0.05) is 6.07 Å². The minimum atomic E-state index is -1.70. The number of aryl methyl sites for hydroxylation is 1. The summed E-state index contributed by atoms with van der Waals surface area (Å²) in [5.74, 6) is -4.84. The molecular weight excluding hydrogens is 654 g/mol. The number of carboxylic acids is 4. The number of anilines is 2. The van der Waals surface area contributed by atoms with E-state index in [1.807, 2.05) is 0 Å². The maximum atomic E-state index is 11.9. The van der Waals surface area contributed by atoms with Crippen molar-refractivity contribution in [2.24, 2.45) is 0 Å². The Morgan fingerprint density at radius 1 is 0.816 bits per heavy atom. The zero-order chi connectivity index (χ0) is 35.8. The number of carboxylic acid groups (broad SMARTS) is 4. The van der Waals surface area contributed by atoms with Gasteiger partial charge in [0, 0.05) is 11.8 Å². The number of rotatable bonds is 18. The SMILES string of the molecule is Cc1ccc(N(CC(=O)O)CC(=O)O)c(OCCOc2cc(C(O)c3cc4c(cc3[N+](=O)[O-])OCO4)cc(N(CC(=O)O)CC(=O)O)c2)c1. The molecule has 0 saturated carbocycles. The zero-order valence-corrected chi connectivity index (χ0v) is 25.8. The fraction of sp³-hybridized carbons (Fsp3) is 0.290. The molecule has 5 N–H and O–H groups in total. The molecule has 0 saturated heterocycles. The van der Waals surface area contributed by atoms with E-state index in [1.165, 1.54) is 30.3 Å². The van der Waals surface area contributed by atoms with Gasteiger partial charge in [0.05, 0.1) is 22.2 Å². The van der Waals surface area contributed by atoms with Gasteiger partial charge in [-0.2, -0.15) is 0 Å². The van der Waals surface area contributed by atoms with Crippen LogP contribution in [0.25, 0.3) is 0 Å². The first kappa shape index (κ1) is 35.6. The number of nitro groups is 1. The van der Waals surface area contributed by atoms with E-state index in [1.54, 1.807) is 19.1 Å². The maximum absolute atomic E-state index is 11.9. The van der Waals surface area contributed by atoms with Crippen molar-refractivity contribution in [3.8, 4) is 23.0 Å². The molecule has 0 aliphatic carbocycles. The van der Waals surface area contributed by atoms with Crippen molar-refractivity contribution in [3.63, 3.8) is 0 Å². The molecule has 18 heteroatoms. The minimum absolute atomic E-state index is 0.000353. The molecule has 4 rings (SSSR count). The highest BCUT2D eigenvalue weighted by molar-refractivity contribution is 5.81. The fourth-order valence-corrected chi connectivity index (χ4v) is 4.96. The predicted octanol–water partition coefficient (Wildman–Crippen LogP) is 2.12. The van der Waals surface area contributed by atoms with Crippen LogP contribution in [0, 0.1) is 17.0 Å². The average molecular weight is 686 g/mol. The summed E-state index contributed by atoms with van der Waals surface area (Å²) in [6, 6.07) is 11.0. The Bertz CT molecular complexity index is 1730. The second-order valence-electron chi connectivity index (χ2n) is 10.6. The van der Waals surface area contributed by atoms with Gasteiger partial charge in [-0.05, 0) is 48.4 Å². The molecule has 0 radical (unpaired) electrons. The Morgan fingerprint density at radius 2 is 1.39 bits per heavy atom. The number of fused-ring (bicyclic) bond motifs is 1. The lowest BCUT2D eigenvalue weighted by molar-refractivity contribution is -0.386. The van der Waals surface area contributed by atoms with Gasteiger partial charge in [0.2, 0.25) is 6.79 Å². The standard InChI is InChI=1S/C31H31N3O15/c1-17-2-3-22(33(14-29(39)40)15-30(41)42)24(6-17)47-5-4-46-20-8-18(7-19(9-20)32(12-27(35)36)13-28(37)38)31(43)21-10-25-26(49-16-48-25)11-23(21)34(44)45/h2-3,6-11,31,43H,4-5,12-16H2,1H3,(H,35,36)(H,37,38)(H,39,40)(H,41,42). The van der Waals surface area contributed by atoms with Crippen LogP contribution in [-0.4, -0.2) is 101 Å². The second-order valence-corrected chi connectivity index (χ2v) is 10.6. The van der Waals surface area contributed by atoms with E-state index in [9.17, 15) is 54.8 Å². The second kappa shape index (κ2) is 15.5. The van der Waals surface area contributed by atoms with Crippen LogP contribution in [0.15, 0.2) is 48.5 Å². The smallest absolute Gasteiger partial charge is 0.323 e. The Labute approximate surface area is 277 Å². The fourth-order valence-electron chi connectivity index (χ4n) is 4.96. The normalized spacial score (nSPS) is 12.1. The monoisotopic (exact) mass is 685 g/mol. The number of aliphatic hydroxyl groups is 1. The lowest BCUT2D eigenvalue weighted by Crippen LogP contribution is -2.34. The first-order chi connectivity index (χ1) is 23.2. The largest absolute Gasteiger partial charge is 0.490 e. The average Bonchev–Trinajstić information content (AvgIpc) is 3.48. The Hall–Kier alpha value is -6.30. The van der Waals surface area contributed by atoms with Crippen molar-refractivity contribution < 1.29 is 68.6 Å². The molecule has 0 spiro atoms. The van der Waals surface area contributed by atoms with Crippen LogP contribution >= 0.6 is 0 Å². The zero-order valence-electron chi connectivity index (χ0n) is 25.8. The molecule has 0 bridgehead atoms. The van der Waals surface area contributed by atoms with Crippen LogP contribution in [0.4, 0.5) is 17.1 Å². The van der Waals surface area contributed by atoms with Crippen LogP contribution in [0.2, 0.25) is 0 Å². The van der Waals surface area contributed by atoms with Crippen molar-refractivity contribution >= 4 is 40.9 Å². The van der Waals surface area contributed by atoms with Gasteiger partial charge in [-0.15, -0.1) is 0 Å². The molecule has 3 aromatic rings. The van der Waals surface area contributed by atoms with E-state index in [0.29, 0.717) is 0 Å². The summed E-state index contributed by atoms with van der Waals surface area (Å²) in [6.45, 7) is -1.57. The number of nitro benzene ring substituents is 1. The van der Waals surface area contributed by atoms with E-state index in [-0.39, 0.29) is 65.5 Å². The van der Waals surface area contributed by atoms with Crippen LogP contribution in [0.1, 0.15) is 22.8 Å². The highest BCUT2D eigenvalue weighted by Crippen LogP contribution is 2.42. The molecule has 1 atom stereocenters. The lowest BCUT2D eigenvalue weighted by Gasteiger charge is -2.24. The van der Waals surface area contributed by atoms with Crippen LogP contribution in [0.3, 0.4) is 0 Å². The van der Waals surface area contributed by atoms with Gasteiger partial charge < -0.3 is 54.3 Å². The van der Waals surface area contributed by atoms with Crippen molar-refractivity contribution in [2.75, 3.05) is 56.0 Å². The summed E-state index contributed by atoms with van der Waals surface area (Å²) in [4.78, 5) is 59.2. The van der Waals surface area contributed by atoms with E-state index in [2.05, 4.69) is 0 Å². The molecule has 0 aromatic heterocycles. The number of benzene rings is 3. The summed E-state index contributed by atoms with van der Waals surface area (Å²) in [7, 11) is 0. The maximum Gasteiger partial charge on any atom is 0.323 e. The lowest BCUT2D eigenvalue weighted by atomic mass is 9.98. The molecule has 1 aliphatic heterocycles. The van der Waals surface area contributed by atoms with Crippen LogP contribution in [-0.2, 0) is 19.2 Å². The number of hydrogen-bond acceptors (Lipinski definition) is 13. The third-order valence-corrected chi connectivity index (χ3v) is 6.98. The Morgan fingerprint density at radius 3 is 1.98 bits per heavy atom. The first-order valence-electron chi connectivity index (χ1n) is 14.4. The number of aliphatic hydroxyl groups excluding tert-OH is 1. The van der Waals surface area contributed by atoms with Gasteiger partial charge in [0.1, 0.15) is 57.0 Å². The van der Waals surface area contributed by atoms with Gasteiger partial charge in [-0.25, -0.2) is 0 Å². The number of ether oxygens (including phenoxy) is 4. The van der Waals surface area contributed by atoms with Gasteiger partial charge in [0.25, 0.3) is 5.69 Å². The van der Waals surface area contributed by atoms with E-state index >= 15 is 0 Å². The topological polar surface area (TPSA) is 256 Å². The number of aliphatic carboxylic acids is 4. The summed E-state index contributed by atoms with van der Waals surface area (Å²) >= 11 is 0. The minimum Gasteiger partial charge on any atom is -0.490 e. The summed E-state index contributed by atoms with van der Waals surface area (Å²) in [5, 5.41) is 60.7. The Kier molecular flexibility index (Phi) is 11.3. The van der Waals surface area contributed by atoms with Crippen molar-refractivity contribution in [3.05, 3.63) is 75.3 Å². The van der Waals surface area contributed by atoms with E-state index in [0.717, 1.165) is 21.4 Å². The first-order valence-corrected chi connectivity index (χ1v) is 14.4. The van der Waals surface area contributed by atoms with Gasteiger partial charge in [0.15, 0.2) is 11.5 Å². The van der Waals surface area contributed by atoms with Gasteiger partial charge in [-0.3, -0.25) is 29.3 Å². The number of carbonyl (C=O) groups is 4. The van der Waals surface area contributed by atoms with Crippen molar-refractivity contribution in [2.45, 2.75) is 13.0 Å². The molecule has 260 valence electrons. The highest BCUT2D eigenvalue weighted by Gasteiger charge is 2.29. The number of nitrogens with zero attached hydrogens (tertiary/aromatic N) is 3. The van der Waals surface area contributed by atoms with Crippen LogP contribution in [0.5, 0.6) is 23.0 Å². The summed E-state index contributed by atoms with van der Waals surface area (Å²) in [6.07, 6.45) is -1.70. The molecule has 18 nitrogen and oxygen atoms in total. The molecule has 1 heterocycles. The van der Waals surface area contributed by atoms with Crippen molar-refractivity contribution in [1.29, 1.82) is 0 Å². The third kappa shape index (κ3) is 9.38. The molecule has 0 amide bonds. The molecular formula is C31H31N3O15.